The summed E-state index contributed by atoms with van der Waals surface area (Å²) in [5.74, 6) is -0.773. The van der Waals surface area contributed by atoms with Gasteiger partial charge < -0.3 is 14.9 Å². The van der Waals surface area contributed by atoms with Gasteiger partial charge in [-0.05, 0) is 25.7 Å². The lowest BCUT2D eigenvalue weighted by molar-refractivity contribution is -0.147. The van der Waals surface area contributed by atoms with Crippen molar-refractivity contribution in [2.75, 3.05) is 27.2 Å². The van der Waals surface area contributed by atoms with E-state index < -0.39 is 11.5 Å². The number of amides is 2. The first kappa shape index (κ1) is 16.1. The van der Waals surface area contributed by atoms with E-state index >= 15 is 0 Å². The lowest BCUT2D eigenvalue weighted by atomic mass is 9.84. The molecule has 120 valence electrons. The summed E-state index contributed by atoms with van der Waals surface area (Å²) in [4.78, 5) is 27.0. The van der Waals surface area contributed by atoms with Crippen molar-refractivity contribution in [1.82, 2.24) is 15.1 Å². The van der Waals surface area contributed by atoms with E-state index in [1.165, 1.54) is 19.3 Å². The Hall–Kier alpha value is -1.30. The third-order valence-corrected chi connectivity index (χ3v) is 4.77. The Balaban J connectivity index is 1.98. The SMILES string of the molecule is CN(C)C(=O)N1CCC(NC2CCCCC2)(C(=O)O)CC1. The molecule has 6 nitrogen and oxygen atoms in total. The lowest BCUT2D eigenvalue weighted by Crippen LogP contribution is -2.62. The Morgan fingerprint density at radius 1 is 1.14 bits per heavy atom. The van der Waals surface area contributed by atoms with Gasteiger partial charge in [0.25, 0.3) is 0 Å². The Kier molecular flexibility index (Phi) is 5.08. The summed E-state index contributed by atoms with van der Waals surface area (Å²) in [5, 5.41) is 13.1. The van der Waals surface area contributed by atoms with Gasteiger partial charge in [0.2, 0.25) is 0 Å². The van der Waals surface area contributed by atoms with E-state index in [-0.39, 0.29) is 6.03 Å². The molecule has 0 unspecified atom stereocenters. The average molecular weight is 297 g/mol. The standard InChI is InChI=1S/C15H27N3O3/c1-17(2)14(21)18-10-8-15(9-11-18,13(19)20)16-12-6-4-3-5-7-12/h12,16H,3-11H2,1-2H3,(H,19,20). The summed E-state index contributed by atoms with van der Waals surface area (Å²) >= 11 is 0. The molecular formula is C15H27N3O3. The minimum Gasteiger partial charge on any atom is -0.480 e. The number of carbonyl (C=O) groups is 2. The van der Waals surface area contributed by atoms with Crippen LogP contribution in [-0.4, -0.2) is 65.7 Å². The van der Waals surface area contributed by atoms with Crippen LogP contribution in [0.1, 0.15) is 44.9 Å². The number of aliphatic carboxylic acids is 1. The molecule has 1 heterocycles. The molecule has 2 amide bonds. The van der Waals surface area contributed by atoms with Crippen LogP contribution in [-0.2, 0) is 4.79 Å². The molecule has 0 spiro atoms. The van der Waals surface area contributed by atoms with E-state index in [0.717, 1.165) is 12.8 Å². The van der Waals surface area contributed by atoms with E-state index in [4.69, 9.17) is 0 Å². The van der Waals surface area contributed by atoms with Crippen LogP contribution in [0.5, 0.6) is 0 Å². The maximum absolute atomic E-state index is 12.0. The molecule has 0 bridgehead atoms. The zero-order valence-corrected chi connectivity index (χ0v) is 13.1. The monoisotopic (exact) mass is 297 g/mol. The fourth-order valence-corrected chi connectivity index (χ4v) is 3.42. The van der Waals surface area contributed by atoms with Crippen molar-refractivity contribution in [2.45, 2.75) is 56.5 Å². The van der Waals surface area contributed by atoms with Crippen LogP contribution >= 0.6 is 0 Å². The Morgan fingerprint density at radius 2 is 1.71 bits per heavy atom. The number of piperidine rings is 1. The molecule has 0 aromatic rings. The predicted octanol–water partition coefficient (Wildman–Crippen LogP) is 1.51. The van der Waals surface area contributed by atoms with Gasteiger partial charge in [0.05, 0.1) is 0 Å². The van der Waals surface area contributed by atoms with Crippen molar-refractivity contribution >= 4 is 12.0 Å². The van der Waals surface area contributed by atoms with Crippen LogP contribution in [0.3, 0.4) is 0 Å². The van der Waals surface area contributed by atoms with Crippen LogP contribution < -0.4 is 5.32 Å². The molecule has 0 radical (unpaired) electrons. The first-order chi connectivity index (χ1) is 9.94. The predicted molar refractivity (Wildman–Crippen MR) is 80.3 cm³/mol. The second kappa shape index (κ2) is 6.64. The third kappa shape index (κ3) is 3.67. The van der Waals surface area contributed by atoms with Gasteiger partial charge in [-0.1, -0.05) is 19.3 Å². The summed E-state index contributed by atoms with van der Waals surface area (Å²) in [6.07, 6.45) is 6.71. The molecule has 0 aromatic heterocycles. The highest BCUT2D eigenvalue weighted by Crippen LogP contribution is 2.27. The molecule has 21 heavy (non-hydrogen) atoms. The van der Waals surface area contributed by atoms with Crippen LogP contribution in [0.15, 0.2) is 0 Å². The fraction of sp³-hybridized carbons (Fsp3) is 0.867. The zero-order valence-electron chi connectivity index (χ0n) is 13.1. The highest BCUT2D eigenvalue weighted by Gasteiger charge is 2.43. The minimum atomic E-state index is -0.856. The van der Waals surface area contributed by atoms with E-state index in [2.05, 4.69) is 5.32 Å². The van der Waals surface area contributed by atoms with Crippen LogP contribution in [0.2, 0.25) is 0 Å². The molecule has 2 fully saturated rings. The van der Waals surface area contributed by atoms with E-state index in [1.54, 1.807) is 23.9 Å². The highest BCUT2D eigenvalue weighted by molar-refractivity contribution is 5.80. The summed E-state index contributed by atoms with van der Waals surface area (Å²) in [5.41, 5.74) is -0.856. The second-order valence-corrected chi connectivity index (χ2v) is 6.53. The van der Waals surface area contributed by atoms with E-state index in [1.807, 2.05) is 0 Å². The zero-order chi connectivity index (χ0) is 15.5. The summed E-state index contributed by atoms with van der Waals surface area (Å²) in [6, 6.07) is 0.276. The number of urea groups is 1. The van der Waals surface area contributed by atoms with Crippen molar-refractivity contribution in [1.29, 1.82) is 0 Å². The molecule has 2 aliphatic rings. The maximum Gasteiger partial charge on any atom is 0.324 e. The smallest absolute Gasteiger partial charge is 0.324 e. The minimum absolute atomic E-state index is 0.0355. The van der Waals surface area contributed by atoms with E-state index in [0.29, 0.717) is 32.0 Å². The molecule has 1 aliphatic heterocycles. The molecule has 1 aliphatic carbocycles. The lowest BCUT2D eigenvalue weighted by Gasteiger charge is -2.42. The van der Waals surface area contributed by atoms with Gasteiger partial charge in [0, 0.05) is 33.2 Å². The Labute approximate surface area is 126 Å². The molecule has 6 heteroatoms. The summed E-state index contributed by atoms with van der Waals surface area (Å²) in [7, 11) is 3.45. The molecule has 2 rings (SSSR count). The molecular weight excluding hydrogens is 270 g/mol. The number of rotatable bonds is 3. The second-order valence-electron chi connectivity index (χ2n) is 6.53. The number of nitrogens with one attached hydrogen (secondary N) is 1. The molecule has 0 atom stereocenters. The number of likely N-dealkylation sites (tertiary alicyclic amines) is 1. The summed E-state index contributed by atoms with van der Waals surface area (Å²) in [6.45, 7) is 1.01. The summed E-state index contributed by atoms with van der Waals surface area (Å²) < 4.78 is 0. The average Bonchev–Trinajstić information content (AvgIpc) is 2.48. The van der Waals surface area contributed by atoms with Crippen molar-refractivity contribution in [2.24, 2.45) is 0 Å². The third-order valence-electron chi connectivity index (χ3n) is 4.77. The van der Waals surface area contributed by atoms with Crippen molar-refractivity contribution < 1.29 is 14.7 Å². The molecule has 1 saturated heterocycles. The first-order valence-electron chi connectivity index (χ1n) is 7.92. The largest absolute Gasteiger partial charge is 0.480 e. The van der Waals surface area contributed by atoms with Gasteiger partial charge in [0.1, 0.15) is 5.54 Å². The number of nitrogens with zero attached hydrogens (tertiary/aromatic N) is 2. The fourth-order valence-electron chi connectivity index (χ4n) is 3.42. The number of hydrogen-bond acceptors (Lipinski definition) is 3. The van der Waals surface area contributed by atoms with Crippen LogP contribution in [0, 0.1) is 0 Å². The van der Waals surface area contributed by atoms with Gasteiger partial charge in [-0.25, -0.2) is 4.79 Å². The normalized spacial score (nSPS) is 22.9. The van der Waals surface area contributed by atoms with Gasteiger partial charge in [0.15, 0.2) is 0 Å². The van der Waals surface area contributed by atoms with Crippen molar-refractivity contribution in [3.63, 3.8) is 0 Å². The number of hydrogen-bond donors (Lipinski definition) is 2. The molecule has 0 aromatic carbocycles. The van der Waals surface area contributed by atoms with Gasteiger partial charge in [-0.2, -0.15) is 0 Å². The Morgan fingerprint density at radius 3 is 2.19 bits per heavy atom. The Bertz CT molecular complexity index is 384. The van der Waals surface area contributed by atoms with Crippen molar-refractivity contribution in [3.8, 4) is 0 Å². The van der Waals surface area contributed by atoms with Crippen LogP contribution in [0.25, 0.3) is 0 Å². The van der Waals surface area contributed by atoms with Gasteiger partial charge in [-0.15, -0.1) is 0 Å². The first-order valence-corrected chi connectivity index (χ1v) is 7.92. The molecule has 1 saturated carbocycles. The number of carboxylic acid groups (broad SMARTS) is 1. The topological polar surface area (TPSA) is 72.9 Å². The van der Waals surface area contributed by atoms with Gasteiger partial charge >= 0.3 is 12.0 Å². The van der Waals surface area contributed by atoms with Crippen molar-refractivity contribution in [3.05, 3.63) is 0 Å². The van der Waals surface area contributed by atoms with Crippen LogP contribution in [0.4, 0.5) is 4.79 Å². The van der Waals surface area contributed by atoms with Gasteiger partial charge in [-0.3, -0.25) is 10.1 Å². The number of carbonyl (C=O) groups excluding carboxylic acids is 1. The number of carboxylic acids is 1. The maximum atomic E-state index is 12.0. The van der Waals surface area contributed by atoms with E-state index in [9.17, 15) is 14.7 Å². The highest BCUT2D eigenvalue weighted by atomic mass is 16.4. The molecule has 2 N–H and O–H groups in total. The quantitative estimate of drug-likeness (QED) is 0.828.